The van der Waals surface area contributed by atoms with Crippen molar-refractivity contribution in [3.05, 3.63) is 60.2 Å². The van der Waals surface area contributed by atoms with Gasteiger partial charge in [-0.3, -0.25) is 24.8 Å². The molecule has 144 valence electrons. The smallest absolute Gasteiger partial charge is 0.406 e. The maximum atomic E-state index is 13.0. The van der Waals surface area contributed by atoms with E-state index in [0.29, 0.717) is 22.6 Å². The van der Waals surface area contributed by atoms with Gasteiger partial charge in [0.15, 0.2) is 0 Å². The second-order valence-corrected chi connectivity index (χ2v) is 6.30. The maximum Gasteiger partial charge on any atom is 0.406 e. The van der Waals surface area contributed by atoms with Gasteiger partial charge in [-0.2, -0.15) is 0 Å². The lowest BCUT2D eigenvalue weighted by atomic mass is 10.1. The van der Waals surface area contributed by atoms with Crippen LogP contribution in [0.25, 0.3) is 0 Å². The number of carbonyl (C=O) groups is 3. The number of nitrogens with one attached hydrogen (secondary N) is 1. The van der Waals surface area contributed by atoms with Crippen molar-refractivity contribution in [2.75, 3.05) is 23.4 Å². The molecule has 1 aliphatic heterocycles. The molecule has 1 aliphatic rings. The van der Waals surface area contributed by atoms with E-state index >= 15 is 0 Å². The van der Waals surface area contributed by atoms with Gasteiger partial charge in [0.2, 0.25) is 12.1 Å². The van der Waals surface area contributed by atoms with Crippen molar-refractivity contribution in [1.82, 2.24) is 5.32 Å². The Balaban J connectivity index is 1.95. The summed E-state index contributed by atoms with van der Waals surface area (Å²) in [6.45, 7) is 1.45. The number of likely N-dealkylation sites (N-methyl/N-ethyl adjacent to an activating group) is 1. The zero-order chi connectivity index (χ0) is 20.3. The molecule has 2 aromatic carbocycles. The third-order valence-corrected chi connectivity index (χ3v) is 4.48. The van der Waals surface area contributed by atoms with E-state index in [-0.39, 0.29) is 12.5 Å². The summed E-state index contributed by atoms with van der Waals surface area (Å²) in [6, 6.07) is 16.1. The highest BCUT2D eigenvalue weighted by Crippen LogP contribution is 2.26. The molecule has 0 saturated carbocycles. The topological polar surface area (TPSA) is 102 Å². The average molecular weight is 380 g/mol. The van der Waals surface area contributed by atoms with Gasteiger partial charge in [-0.25, -0.2) is 4.79 Å². The molecule has 8 heteroatoms. The highest BCUT2D eigenvalue weighted by molar-refractivity contribution is 6.14. The lowest BCUT2D eigenvalue weighted by molar-refractivity contribution is -0.123. The van der Waals surface area contributed by atoms with Gasteiger partial charge in [0.25, 0.3) is 5.91 Å². The largest absolute Gasteiger partial charge is 0.465 e. The minimum atomic E-state index is -1.37. The molecule has 0 fully saturated rings. The van der Waals surface area contributed by atoms with E-state index < -0.39 is 18.2 Å². The summed E-state index contributed by atoms with van der Waals surface area (Å²) in [7, 11) is 1.63. The number of hydrogen-bond donors (Lipinski definition) is 2. The SMILES string of the molecule is CC1=N[C@@H](NC(=O)O)C(=O)N(CC(=O)N(C)c2ccccc2)c2ccccc21. The zero-order valence-electron chi connectivity index (χ0n) is 15.5. The number of nitrogens with zero attached hydrogens (tertiary/aromatic N) is 3. The molecule has 1 heterocycles. The summed E-state index contributed by atoms with van der Waals surface area (Å²) < 4.78 is 0. The second kappa shape index (κ2) is 7.91. The van der Waals surface area contributed by atoms with Crippen LogP contribution in [0.15, 0.2) is 59.6 Å². The summed E-state index contributed by atoms with van der Waals surface area (Å²) in [6.07, 6.45) is -2.69. The Labute approximate surface area is 162 Å². The molecule has 2 N–H and O–H groups in total. The Morgan fingerprint density at radius 3 is 2.46 bits per heavy atom. The van der Waals surface area contributed by atoms with Crippen LogP contribution in [0, 0.1) is 0 Å². The molecule has 28 heavy (non-hydrogen) atoms. The second-order valence-electron chi connectivity index (χ2n) is 6.30. The van der Waals surface area contributed by atoms with Crippen molar-refractivity contribution < 1.29 is 19.5 Å². The molecule has 0 saturated heterocycles. The fourth-order valence-corrected chi connectivity index (χ4v) is 3.01. The van der Waals surface area contributed by atoms with Crippen LogP contribution in [0.2, 0.25) is 0 Å². The van der Waals surface area contributed by atoms with Crippen molar-refractivity contribution >= 4 is 35.0 Å². The van der Waals surface area contributed by atoms with Crippen molar-refractivity contribution in [3.8, 4) is 0 Å². The number of benzene rings is 2. The molecule has 3 rings (SSSR count). The zero-order valence-corrected chi connectivity index (χ0v) is 15.5. The Morgan fingerprint density at radius 2 is 1.79 bits per heavy atom. The molecule has 3 amide bonds. The normalized spacial score (nSPS) is 15.9. The van der Waals surface area contributed by atoms with Gasteiger partial charge < -0.3 is 10.0 Å². The molecule has 0 spiro atoms. The number of aliphatic imine (C=N–C) groups is 1. The number of hydrogen-bond acceptors (Lipinski definition) is 4. The number of amides is 3. The molecule has 2 aromatic rings. The molecule has 0 aliphatic carbocycles. The first-order chi connectivity index (χ1) is 13.4. The lowest BCUT2D eigenvalue weighted by Gasteiger charge is -2.27. The molecular formula is C20H20N4O4. The number of anilines is 2. The Hall–Kier alpha value is -3.68. The summed E-state index contributed by atoms with van der Waals surface area (Å²) in [5, 5.41) is 11.2. The standard InChI is InChI=1S/C20H20N4O4/c1-13-15-10-6-7-11-16(15)24(19(26)18(21-13)22-20(27)28)12-17(25)23(2)14-8-4-3-5-9-14/h3-11,18,22H,12H2,1-2H3,(H,27,28)/t18-/m0/s1. The van der Waals surface area contributed by atoms with E-state index in [4.69, 9.17) is 5.11 Å². The number of carbonyl (C=O) groups excluding carboxylic acids is 2. The van der Waals surface area contributed by atoms with Crippen LogP contribution in [-0.4, -0.2) is 48.5 Å². The van der Waals surface area contributed by atoms with E-state index in [1.807, 2.05) is 18.2 Å². The highest BCUT2D eigenvalue weighted by Gasteiger charge is 2.33. The summed E-state index contributed by atoms with van der Waals surface area (Å²) in [5.74, 6) is -0.926. The van der Waals surface area contributed by atoms with E-state index in [0.717, 1.165) is 0 Å². The maximum absolute atomic E-state index is 13.0. The highest BCUT2D eigenvalue weighted by atomic mass is 16.4. The van der Waals surface area contributed by atoms with E-state index in [2.05, 4.69) is 10.3 Å². The summed E-state index contributed by atoms with van der Waals surface area (Å²) in [4.78, 5) is 43.9. The minimum Gasteiger partial charge on any atom is -0.465 e. The van der Waals surface area contributed by atoms with Crippen LogP contribution >= 0.6 is 0 Å². The predicted molar refractivity (Wildman–Crippen MR) is 106 cm³/mol. The van der Waals surface area contributed by atoms with Gasteiger partial charge in [0, 0.05) is 24.0 Å². The molecule has 0 aromatic heterocycles. The van der Waals surface area contributed by atoms with Gasteiger partial charge in [-0.05, 0) is 25.1 Å². The van der Waals surface area contributed by atoms with Crippen molar-refractivity contribution in [3.63, 3.8) is 0 Å². The third kappa shape index (κ3) is 3.85. The average Bonchev–Trinajstić information content (AvgIpc) is 2.78. The van der Waals surface area contributed by atoms with Crippen LogP contribution < -0.4 is 15.1 Å². The van der Waals surface area contributed by atoms with Crippen molar-refractivity contribution in [2.24, 2.45) is 4.99 Å². The predicted octanol–water partition coefficient (Wildman–Crippen LogP) is 2.10. The first kappa shape index (κ1) is 19.1. The first-order valence-electron chi connectivity index (χ1n) is 8.64. The van der Waals surface area contributed by atoms with Gasteiger partial charge in [-0.1, -0.05) is 36.4 Å². The van der Waals surface area contributed by atoms with Gasteiger partial charge in [-0.15, -0.1) is 0 Å². The molecule has 0 bridgehead atoms. The Morgan fingerprint density at radius 1 is 1.14 bits per heavy atom. The number of fused-ring (bicyclic) bond motifs is 1. The molecular weight excluding hydrogens is 360 g/mol. The monoisotopic (exact) mass is 380 g/mol. The van der Waals surface area contributed by atoms with E-state index in [9.17, 15) is 14.4 Å². The van der Waals surface area contributed by atoms with Crippen molar-refractivity contribution in [2.45, 2.75) is 13.1 Å². The van der Waals surface area contributed by atoms with Crippen LogP contribution in [0.3, 0.4) is 0 Å². The van der Waals surface area contributed by atoms with Crippen LogP contribution in [-0.2, 0) is 9.59 Å². The van der Waals surface area contributed by atoms with E-state index in [1.54, 1.807) is 50.4 Å². The number of para-hydroxylation sites is 2. The van der Waals surface area contributed by atoms with Crippen molar-refractivity contribution in [1.29, 1.82) is 0 Å². The van der Waals surface area contributed by atoms with Gasteiger partial charge in [0.1, 0.15) is 6.54 Å². The minimum absolute atomic E-state index is 0.248. The summed E-state index contributed by atoms with van der Waals surface area (Å²) in [5.41, 5.74) is 2.38. The fourth-order valence-electron chi connectivity index (χ4n) is 3.01. The number of rotatable bonds is 4. The first-order valence-corrected chi connectivity index (χ1v) is 8.64. The quantitative estimate of drug-likeness (QED) is 0.848. The Kier molecular flexibility index (Phi) is 5.39. The molecule has 8 nitrogen and oxygen atoms in total. The molecule has 1 atom stereocenters. The number of benzodiazepines with no additional fused rings is 1. The van der Waals surface area contributed by atoms with Crippen LogP contribution in [0.4, 0.5) is 16.2 Å². The third-order valence-electron chi connectivity index (χ3n) is 4.48. The molecule has 0 unspecified atom stereocenters. The van der Waals surface area contributed by atoms with Gasteiger partial charge >= 0.3 is 6.09 Å². The van der Waals surface area contributed by atoms with Crippen LogP contribution in [0.5, 0.6) is 0 Å². The fraction of sp³-hybridized carbons (Fsp3) is 0.200. The molecule has 0 radical (unpaired) electrons. The summed E-state index contributed by atoms with van der Waals surface area (Å²) >= 11 is 0. The Bertz CT molecular complexity index is 942. The van der Waals surface area contributed by atoms with Crippen LogP contribution in [0.1, 0.15) is 12.5 Å². The van der Waals surface area contributed by atoms with E-state index in [1.165, 1.54) is 9.80 Å². The number of carboxylic acid groups (broad SMARTS) is 1. The lowest BCUT2D eigenvalue weighted by Crippen LogP contribution is -2.50. The van der Waals surface area contributed by atoms with Gasteiger partial charge in [0.05, 0.1) is 5.69 Å².